The molecule has 0 fully saturated rings. The van der Waals surface area contributed by atoms with Gasteiger partial charge in [0.15, 0.2) is 0 Å². The molecule has 0 bridgehead atoms. The number of carbonyl (C=O) groups is 1. The Labute approximate surface area is 113 Å². The van der Waals surface area contributed by atoms with Gasteiger partial charge in [0, 0.05) is 17.0 Å². The summed E-state index contributed by atoms with van der Waals surface area (Å²) in [7, 11) is 0. The van der Waals surface area contributed by atoms with Crippen molar-refractivity contribution in [3.8, 4) is 0 Å². The van der Waals surface area contributed by atoms with Crippen molar-refractivity contribution in [3.63, 3.8) is 0 Å². The van der Waals surface area contributed by atoms with Crippen LogP contribution in [-0.4, -0.2) is 10.9 Å². The summed E-state index contributed by atoms with van der Waals surface area (Å²) in [6.45, 7) is 0.0959. The minimum Gasteiger partial charge on any atom is -0.460 e. The van der Waals surface area contributed by atoms with Gasteiger partial charge in [-0.2, -0.15) is 0 Å². The van der Waals surface area contributed by atoms with E-state index in [2.05, 4.69) is 0 Å². The van der Waals surface area contributed by atoms with Crippen LogP contribution in [0.15, 0.2) is 41.8 Å². The molecule has 5 nitrogen and oxygen atoms in total. The van der Waals surface area contributed by atoms with Crippen molar-refractivity contribution in [1.29, 1.82) is 0 Å². The largest absolute Gasteiger partial charge is 0.460 e. The number of rotatable bonds is 5. The number of hydrogen-bond donors (Lipinski definition) is 0. The maximum Gasteiger partial charge on any atom is 0.315 e. The second-order valence-corrected chi connectivity index (χ2v) is 4.67. The van der Waals surface area contributed by atoms with Gasteiger partial charge in [0.25, 0.3) is 5.69 Å². The Morgan fingerprint density at radius 3 is 2.63 bits per heavy atom. The molecule has 1 aromatic carbocycles. The number of nitro groups is 1. The number of benzene rings is 1. The summed E-state index contributed by atoms with van der Waals surface area (Å²) in [5, 5.41) is 12.3. The van der Waals surface area contributed by atoms with Crippen LogP contribution in [0.25, 0.3) is 0 Å². The summed E-state index contributed by atoms with van der Waals surface area (Å²) in [4.78, 5) is 22.3. The highest BCUT2D eigenvalue weighted by Gasteiger charge is 2.08. The van der Waals surface area contributed by atoms with Gasteiger partial charge in [-0.05, 0) is 29.1 Å². The first kappa shape index (κ1) is 13.2. The molecule has 1 aromatic heterocycles. The molecule has 0 aliphatic rings. The van der Waals surface area contributed by atoms with Gasteiger partial charge >= 0.3 is 5.97 Å². The molecule has 0 aliphatic carbocycles. The van der Waals surface area contributed by atoms with Crippen molar-refractivity contribution >= 4 is 23.0 Å². The fourth-order valence-corrected chi connectivity index (χ4v) is 2.04. The van der Waals surface area contributed by atoms with Gasteiger partial charge in [-0.25, -0.2) is 0 Å². The summed E-state index contributed by atoms with van der Waals surface area (Å²) in [5.74, 6) is -0.430. The van der Waals surface area contributed by atoms with Crippen LogP contribution < -0.4 is 0 Å². The third kappa shape index (κ3) is 3.89. The van der Waals surface area contributed by atoms with E-state index in [1.807, 2.05) is 17.5 Å². The Morgan fingerprint density at radius 2 is 2.05 bits per heavy atom. The lowest BCUT2D eigenvalue weighted by atomic mass is 10.2. The molecule has 0 amide bonds. The van der Waals surface area contributed by atoms with Gasteiger partial charge < -0.3 is 4.74 Å². The minimum atomic E-state index is -0.472. The number of non-ortho nitro benzene ring substituents is 1. The zero-order chi connectivity index (χ0) is 13.7. The SMILES string of the molecule is O=C([CH]c1cccs1)OCc1ccc([N+](=O)[O-])cc1. The zero-order valence-corrected chi connectivity index (χ0v) is 10.6. The number of hydrogen-bond acceptors (Lipinski definition) is 5. The smallest absolute Gasteiger partial charge is 0.315 e. The van der Waals surface area contributed by atoms with Crippen LogP contribution in [0.2, 0.25) is 0 Å². The molecule has 97 valence electrons. The summed E-state index contributed by atoms with van der Waals surface area (Å²) < 4.78 is 5.04. The zero-order valence-electron chi connectivity index (χ0n) is 9.81. The molecule has 0 atom stereocenters. The van der Waals surface area contributed by atoms with Gasteiger partial charge in [0.2, 0.25) is 0 Å². The van der Waals surface area contributed by atoms with E-state index in [-0.39, 0.29) is 12.3 Å². The summed E-state index contributed by atoms with van der Waals surface area (Å²) in [6.07, 6.45) is 1.41. The average molecular weight is 276 g/mol. The van der Waals surface area contributed by atoms with Crippen molar-refractivity contribution in [2.24, 2.45) is 0 Å². The first-order chi connectivity index (χ1) is 9.15. The molecule has 0 spiro atoms. The molecule has 0 N–H and O–H groups in total. The fourth-order valence-electron chi connectivity index (χ4n) is 1.40. The van der Waals surface area contributed by atoms with Gasteiger partial charge in [-0.1, -0.05) is 6.07 Å². The van der Waals surface area contributed by atoms with Gasteiger partial charge in [-0.3, -0.25) is 14.9 Å². The second kappa shape index (κ2) is 6.10. The van der Waals surface area contributed by atoms with Crippen LogP contribution in [0.1, 0.15) is 10.4 Å². The summed E-state index contributed by atoms with van der Waals surface area (Å²) in [5.41, 5.74) is 0.721. The lowest BCUT2D eigenvalue weighted by Crippen LogP contribution is -2.05. The first-order valence-corrected chi connectivity index (χ1v) is 6.31. The third-order valence-corrected chi connectivity index (χ3v) is 3.15. The highest BCUT2D eigenvalue weighted by atomic mass is 32.1. The van der Waals surface area contributed by atoms with E-state index in [1.165, 1.54) is 29.9 Å². The number of carbonyl (C=O) groups excluding carboxylic acids is 1. The molecule has 0 aliphatic heterocycles. The fraction of sp³-hybridized carbons (Fsp3) is 0.0769. The van der Waals surface area contributed by atoms with E-state index < -0.39 is 10.9 Å². The number of thiophene rings is 1. The van der Waals surface area contributed by atoms with Crippen LogP contribution in [-0.2, 0) is 16.1 Å². The van der Waals surface area contributed by atoms with Gasteiger partial charge in [0.1, 0.15) is 13.0 Å². The van der Waals surface area contributed by atoms with Crippen molar-refractivity contribution < 1.29 is 14.5 Å². The number of esters is 1. The number of nitro benzene ring substituents is 1. The molecule has 1 radical (unpaired) electrons. The van der Waals surface area contributed by atoms with Crippen molar-refractivity contribution in [1.82, 2.24) is 0 Å². The average Bonchev–Trinajstić information content (AvgIpc) is 2.89. The van der Waals surface area contributed by atoms with Crippen LogP contribution in [0.4, 0.5) is 5.69 Å². The van der Waals surface area contributed by atoms with E-state index in [0.717, 1.165) is 4.88 Å². The maximum absolute atomic E-state index is 11.5. The Bertz CT molecular complexity index is 563. The quantitative estimate of drug-likeness (QED) is 0.478. The van der Waals surface area contributed by atoms with Crippen molar-refractivity contribution in [2.45, 2.75) is 6.61 Å². The normalized spacial score (nSPS) is 10.1. The van der Waals surface area contributed by atoms with Gasteiger partial charge in [0.05, 0.1) is 4.92 Å². The topological polar surface area (TPSA) is 69.4 Å². The van der Waals surface area contributed by atoms with Crippen molar-refractivity contribution in [2.75, 3.05) is 0 Å². The molecule has 0 unspecified atom stereocenters. The van der Waals surface area contributed by atoms with Crippen LogP contribution in [0.5, 0.6) is 0 Å². The number of nitrogens with zero attached hydrogens (tertiary/aromatic N) is 1. The van der Waals surface area contributed by atoms with E-state index in [0.29, 0.717) is 5.56 Å². The molecule has 6 heteroatoms. The molecule has 0 saturated carbocycles. The van der Waals surface area contributed by atoms with Crippen molar-refractivity contribution in [3.05, 3.63) is 68.8 Å². The first-order valence-electron chi connectivity index (χ1n) is 5.43. The Hall–Kier alpha value is -2.21. The second-order valence-electron chi connectivity index (χ2n) is 3.69. The third-order valence-electron chi connectivity index (χ3n) is 2.33. The van der Waals surface area contributed by atoms with E-state index in [9.17, 15) is 14.9 Å². The molecule has 0 saturated heterocycles. The molecular weight excluding hydrogens is 266 g/mol. The highest BCUT2D eigenvalue weighted by molar-refractivity contribution is 7.10. The Morgan fingerprint density at radius 1 is 1.32 bits per heavy atom. The number of ether oxygens (including phenoxy) is 1. The van der Waals surface area contributed by atoms with Crippen LogP contribution in [0, 0.1) is 16.5 Å². The highest BCUT2D eigenvalue weighted by Crippen LogP contribution is 2.14. The molecular formula is C13H10NO4S. The predicted octanol–water partition coefficient (Wildman–Crippen LogP) is 2.95. The standard InChI is InChI=1S/C13H10NO4S/c15-13(8-12-2-1-7-19-12)18-9-10-3-5-11(6-4-10)14(16)17/h1-8H,9H2. The van der Waals surface area contributed by atoms with E-state index in [1.54, 1.807) is 12.1 Å². The van der Waals surface area contributed by atoms with Gasteiger partial charge in [-0.15, -0.1) is 11.3 Å². The minimum absolute atomic E-state index is 0.0141. The predicted molar refractivity (Wildman–Crippen MR) is 70.6 cm³/mol. The molecule has 1 heterocycles. The molecule has 2 rings (SSSR count). The summed E-state index contributed by atoms with van der Waals surface area (Å²) >= 11 is 1.45. The summed E-state index contributed by atoms with van der Waals surface area (Å²) in [6, 6.07) is 9.56. The van der Waals surface area contributed by atoms with E-state index >= 15 is 0 Å². The van der Waals surface area contributed by atoms with Crippen LogP contribution in [0.3, 0.4) is 0 Å². The Kier molecular flexibility index (Phi) is 4.25. The van der Waals surface area contributed by atoms with E-state index in [4.69, 9.17) is 4.74 Å². The van der Waals surface area contributed by atoms with Crippen LogP contribution >= 0.6 is 11.3 Å². The lowest BCUT2D eigenvalue weighted by Gasteiger charge is -2.03. The molecule has 2 aromatic rings. The maximum atomic E-state index is 11.5. The Balaban J connectivity index is 1.84. The lowest BCUT2D eigenvalue weighted by molar-refractivity contribution is -0.384. The monoisotopic (exact) mass is 276 g/mol. The molecule has 19 heavy (non-hydrogen) atoms.